The number of rotatable bonds is 8. The number of pyridine rings is 1. The molecular weight excluding hydrogens is 250 g/mol. The van der Waals surface area contributed by atoms with Gasteiger partial charge in [0.05, 0.1) is 4.92 Å². The number of aromatic nitrogens is 1. The highest BCUT2D eigenvalue weighted by atomic mass is 16.6. The second-order valence-electron chi connectivity index (χ2n) is 4.32. The molecule has 1 rings (SSSR count). The first-order valence-corrected chi connectivity index (χ1v) is 6.05. The SMILES string of the molecule is CC(CO)CCCNc1nc(NN)ccc1[N+](=O)[O-]. The predicted octanol–water partition coefficient (Wildman–Crippen LogP) is 1.10. The first kappa shape index (κ1) is 15.1. The predicted molar refractivity (Wildman–Crippen MR) is 72.7 cm³/mol. The topological polar surface area (TPSA) is 126 Å². The molecule has 8 nitrogen and oxygen atoms in total. The summed E-state index contributed by atoms with van der Waals surface area (Å²) in [6.07, 6.45) is 1.63. The molecule has 5 N–H and O–H groups in total. The summed E-state index contributed by atoms with van der Waals surface area (Å²) in [6, 6.07) is 2.79. The fraction of sp³-hybridized carbons (Fsp3) is 0.545. The summed E-state index contributed by atoms with van der Waals surface area (Å²) in [5.41, 5.74) is 2.26. The number of nitrogens with two attached hydrogens (primary N) is 1. The Balaban J connectivity index is 2.62. The fourth-order valence-electron chi connectivity index (χ4n) is 1.56. The van der Waals surface area contributed by atoms with Crippen LogP contribution in [0.1, 0.15) is 19.8 Å². The molecule has 1 unspecified atom stereocenters. The van der Waals surface area contributed by atoms with E-state index in [0.717, 1.165) is 12.8 Å². The standard InChI is InChI=1S/C11H19N5O3/c1-8(7-17)3-2-6-13-11-9(16(18)19)4-5-10(14-11)15-12/h4-5,8,17H,2-3,6-7,12H2,1H3,(H2,13,14,15). The second-order valence-corrected chi connectivity index (χ2v) is 4.32. The van der Waals surface area contributed by atoms with Gasteiger partial charge in [0.1, 0.15) is 5.82 Å². The van der Waals surface area contributed by atoms with Gasteiger partial charge in [0.15, 0.2) is 0 Å². The van der Waals surface area contributed by atoms with Gasteiger partial charge in [-0.15, -0.1) is 0 Å². The maximum absolute atomic E-state index is 10.8. The van der Waals surface area contributed by atoms with E-state index in [1.807, 2.05) is 6.92 Å². The molecule has 106 valence electrons. The van der Waals surface area contributed by atoms with Crippen LogP contribution in [0.5, 0.6) is 0 Å². The molecule has 0 aromatic carbocycles. The molecule has 0 amide bonds. The number of nitrogens with one attached hydrogen (secondary N) is 2. The summed E-state index contributed by atoms with van der Waals surface area (Å²) >= 11 is 0. The molecule has 1 heterocycles. The molecular formula is C11H19N5O3. The second kappa shape index (κ2) is 7.49. The summed E-state index contributed by atoms with van der Waals surface area (Å²) in [5, 5.41) is 22.7. The quantitative estimate of drug-likeness (QED) is 0.241. The number of hydrogen-bond acceptors (Lipinski definition) is 7. The molecule has 1 aromatic heterocycles. The zero-order valence-corrected chi connectivity index (χ0v) is 10.8. The van der Waals surface area contributed by atoms with Gasteiger partial charge in [0.25, 0.3) is 0 Å². The van der Waals surface area contributed by atoms with Gasteiger partial charge in [0, 0.05) is 19.2 Å². The van der Waals surface area contributed by atoms with Crippen LogP contribution >= 0.6 is 0 Å². The van der Waals surface area contributed by atoms with E-state index in [2.05, 4.69) is 15.7 Å². The summed E-state index contributed by atoms with van der Waals surface area (Å²) in [4.78, 5) is 14.4. The van der Waals surface area contributed by atoms with Crippen LogP contribution in [0.4, 0.5) is 17.3 Å². The molecule has 1 aromatic rings. The average Bonchev–Trinajstić information content (AvgIpc) is 2.42. The highest BCUT2D eigenvalue weighted by molar-refractivity contribution is 5.59. The maximum atomic E-state index is 10.8. The van der Waals surface area contributed by atoms with Gasteiger partial charge in [-0.1, -0.05) is 6.92 Å². The zero-order valence-electron chi connectivity index (χ0n) is 10.8. The molecule has 0 aliphatic heterocycles. The molecule has 0 bridgehead atoms. The van der Waals surface area contributed by atoms with E-state index in [0.29, 0.717) is 12.4 Å². The van der Waals surface area contributed by atoms with E-state index >= 15 is 0 Å². The largest absolute Gasteiger partial charge is 0.396 e. The van der Waals surface area contributed by atoms with Gasteiger partial charge in [-0.3, -0.25) is 10.1 Å². The van der Waals surface area contributed by atoms with Crippen molar-refractivity contribution in [3.8, 4) is 0 Å². The van der Waals surface area contributed by atoms with Gasteiger partial charge in [-0.2, -0.15) is 0 Å². The number of nitrogens with zero attached hydrogens (tertiary/aromatic N) is 2. The van der Waals surface area contributed by atoms with Crippen molar-refractivity contribution in [1.29, 1.82) is 0 Å². The molecule has 8 heteroatoms. The number of anilines is 2. The summed E-state index contributed by atoms with van der Waals surface area (Å²) in [7, 11) is 0. The van der Waals surface area contributed by atoms with Crippen LogP contribution in [0, 0.1) is 16.0 Å². The number of hydrogen-bond donors (Lipinski definition) is 4. The molecule has 0 fully saturated rings. The third-order valence-electron chi connectivity index (χ3n) is 2.70. The number of nitrogen functional groups attached to an aromatic ring is 1. The minimum absolute atomic E-state index is 0.0887. The van der Waals surface area contributed by atoms with E-state index in [1.54, 1.807) is 0 Å². The highest BCUT2D eigenvalue weighted by Gasteiger charge is 2.15. The van der Waals surface area contributed by atoms with Crippen molar-refractivity contribution >= 4 is 17.3 Å². The van der Waals surface area contributed by atoms with Crippen LogP contribution in [0.3, 0.4) is 0 Å². The summed E-state index contributed by atoms with van der Waals surface area (Å²) in [6.45, 7) is 2.64. The van der Waals surface area contributed by atoms with Crippen LogP contribution in [-0.4, -0.2) is 28.2 Å². The number of aliphatic hydroxyl groups excluding tert-OH is 1. The molecule has 19 heavy (non-hydrogen) atoms. The molecule has 1 atom stereocenters. The van der Waals surface area contributed by atoms with Gasteiger partial charge in [-0.05, 0) is 24.8 Å². The fourth-order valence-corrected chi connectivity index (χ4v) is 1.56. The highest BCUT2D eigenvalue weighted by Crippen LogP contribution is 2.23. The van der Waals surface area contributed by atoms with Gasteiger partial charge in [-0.25, -0.2) is 10.8 Å². The lowest BCUT2D eigenvalue weighted by Crippen LogP contribution is -2.12. The van der Waals surface area contributed by atoms with Crippen LogP contribution in [0.25, 0.3) is 0 Å². The third-order valence-corrected chi connectivity index (χ3v) is 2.70. The molecule has 0 saturated carbocycles. The molecule has 0 spiro atoms. The van der Waals surface area contributed by atoms with Crippen molar-refractivity contribution in [1.82, 2.24) is 4.98 Å². The maximum Gasteiger partial charge on any atom is 0.311 e. The Morgan fingerprint density at radius 1 is 1.58 bits per heavy atom. The summed E-state index contributed by atoms with van der Waals surface area (Å²) < 4.78 is 0. The molecule has 0 aliphatic carbocycles. The van der Waals surface area contributed by atoms with Crippen molar-refractivity contribution in [2.24, 2.45) is 11.8 Å². The van der Waals surface area contributed by atoms with Crippen molar-refractivity contribution in [3.63, 3.8) is 0 Å². The van der Waals surface area contributed by atoms with Crippen molar-refractivity contribution in [2.75, 3.05) is 23.9 Å². The van der Waals surface area contributed by atoms with E-state index in [9.17, 15) is 10.1 Å². The van der Waals surface area contributed by atoms with Gasteiger partial charge < -0.3 is 15.8 Å². The van der Waals surface area contributed by atoms with Crippen molar-refractivity contribution < 1.29 is 10.0 Å². The Hall–Kier alpha value is -1.93. The monoisotopic (exact) mass is 269 g/mol. The first-order chi connectivity index (χ1) is 9.08. The van der Waals surface area contributed by atoms with E-state index < -0.39 is 4.92 Å². The Morgan fingerprint density at radius 3 is 2.89 bits per heavy atom. The Labute approximate surface area is 111 Å². The van der Waals surface area contributed by atoms with Crippen LogP contribution < -0.4 is 16.6 Å². The Morgan fingerprint density at radius 2 is 2.32 bits per heavy atom. The van der Waals surface area contributed by atoms with Crippen molar-refractivity contribution in [3.05, 3.63) is 22.2 Å². The lowest BCUT2D eigenvalue weighted by molar-refractivity contribution is -0.384. The Kier molecular flexibility index (Phi) is 5.97. The van der Waals surface area contributed by atoms with Crippen LogP contribution in [0.2, 0.25) is 0 Å². The van der Waals surface area contributed by atoms with Gasteiger partial charge in [0.2, 0.25) is 5.82 Å². The average molecular weight is 269 g/mol. The first-order valence-electron chi connectivity index (χ1n) is 6.05. The Bertz CT molecular complexity index is 427. The smallest absolute Gasteiger partial charge is 0.311 e. The number of aliphatic hydroxyl groups is 1. The van der Waals surface area contributed by atoms with Crippen LogP contribution in [0.15, 0.2) is 12.1 Å². The number of nitro groups is 1. The van der Waals surface area contributed by atoms with E-state index in [-0.39, 0.29) is 24.0 Å². The van der Waals surface area contributed by atoms with E-state index in [4.69, 9.17) is 10.9 Å². The lowest BCUT2D eigenvalue weighted by Gasteiger charge is -2.10. The number of hydrazine groups is 1. The minimum atomic E-state index is -0.494. The normalized spacial score (nSPS) is 11.9. The van der Waals surface area contributed by atoms with Crippen LogP contribution in [-0.2, 0) is 0 Å². The molecule has 0 aliphatic rings. The lowest BCUT2D eigenvalue weighted by atomic mass is 10.1. The van der Waals surface area contributed by atoms with Crippen molar-refractivity contribution in [2.45, 2.75) is 19.8 Å². The van der Waals surface area contributed by atoms with Gasteiger partial charge >= 0.3 is 5.69 Å². The molecule has 0 saturated heterocycles. The summed E-state index contributed by atoms with van der Waals surface area (Å²) in [5.74, 6) is 5.99. The van der Waals surface area contributed by atoms with E-state index in [1.165, 1.54) is 12.1 Å². The zero-order chi connectivity index (χ0) is 14.3. The minimum Gasteiger partial charge on any atom is -0.396 e. The molecule has 0 radical (unpaired) electrons. The third kappa shape index (κ3) is 4.68.